The fourth-order valence-electron chi connectivity index (χ4n) is 3.01. The van der Waals surface area contributed by atoms with Crippen molar-refractivity contribution in [2.45, 2.75) is 0 Å². The lowest BCUT2D eigenvalue weighted by atomic mass is 10.0. The second-order valence-electron chi connectivity index (χ2n) is 6.09. The van der Waals surface area contributed by atoms with Crippen LogP contribution < -0.4 is 4.74 Å². The molecule has 2 heterocycles. The van der Waals surface area contributed by atoms with Crippen LogP contribution in [0.3, 0.4) is 0 Å². The van der Waals surface area contributed by atoms with E-state index < -0.39 is 5.97 Å². The molecular weight excluding hydrogens is 362 g/mol. The Kier molecular flexibility index (Phi) is 4.08. The maximum absolute atomic E-state index is 11.9. The van der Waals surface area contributed by atoms with E-state index in [0.717, 1.165) is 0 Å². The number of rotatable bonds is 4. The van der Waals surface area contributed by atoms with Crippen LogP contribution >= 0.6 is 0 Å². The number of methoxy groups -OCH3 is 1. The zero-order chi connectivity index (χ0) is 19.8. The third kappa shape index (κ3) is 2.86. The normalized spacial score (nSPS) is 10.9. The van der Waals surface area contributed by atoms with Gasteiger partial charge in [-0.3, -0.25) is 5.10 Å². The molecule has 0 bridgehead atoms. The fraction of sp³-hybridized carbons (Fsp3) is 0.0500. The van der Waals surface area contributed by atoms with E-state index in [-0.39, 0.29) is 22.7 Å². The number of H-pyrrole nitrogens is 1. The number of aromatic amines is 1. The second kappa shape index (κ2) is 6.58. The third-order valence-electron chi connectivity index (χ3n) is 4.38. The predicted molar refractivity (Wildman–Crippen MR) is 102 cm³/mol. The van der Waals surface area contributed by atoms with Crippen LogP contribution in [-0.2, 0) is 0 Å². The molecule has 0 spiro atoms. The largest absolute Gasteiger partial charge is 0.504 e. The van der Waals surface area contributed by atoms with Crippen molar-refractivity contribution in [1.29, 1.82) is 0 Å². The van der Waals surface area contributed by atoms with E-state index in [9.17, 15) is 20.1 Å². The number of carbonyl (C=O) groups is 1. The summed E-state index contributed by atoms with van der Waals surface area (Å²) in [5.74, 6) is -1.11. The molecule has 0 unspecified atom stereocenters. The minimum Gasteiger partial charge on any atom is -0.504 e. The SMILES string of the molecule is COc1cccc(-c2[nH]nc3nc(-c4ccc(O)c(O)c4)cc(C(=O)O)c23)c1. The van der Waals surface area contributed by atoms with E-state index in [4.69, 9.17) is 4.74 Å². The molecule has 0 aliphatic heterocycles. The highest BCUT2D eigenvalue weighted by atomic mass is 16.5. The highest BCUT2D eigenvalue weighted by Crippen LogP contribution is 2.34. The van der Waals surface area contributed by atoms with Gasteiger partial charge < -0.3 is 20.1 Å². The van der Waals surface area contributed by atoms with Crippen molar-refractivity contribution in [2.75, 3.05) is 7.11 Å². The molecule has 0 aliphatic carbocycles. The summed E-state index contributed by atoms with van der Waals surface area (Å²) >= 11 is 0. The van der Waals surface area contributed by atoms with Crippen molar-refractivity contribution in [3.63, 3.8) is 0 Å². The molecule has 0 amide bonds. The number of benzene rings is 2. The van der Waals surface area contributed by atoms with Gasteiger partial charge in [0.2, 0.25) is 0 Å². The van der Waals surface area contributed by atoms with Crippen LogP contribution in [0.15, 0.2) is 48.5 Å². The average Bonchev–Trinajstić information content (AvgIpc) is 3.13. The number of fused-ring (bicyclic) bond motifs is 1. The number of nitrogens with zero attached hydrogens (tertiary/aromatic N) is 2. The number of phenolic OH excluding ortho intramolecular Hbond substituents is 2. The topological polar surface area (TPSA) is 129 Å². The lowest BCUT2D eigenvalue weighted by Gasteiger charge is -2.07. The first kappa shape index (κ1) is 17.3. The van der Waals surface area contributed by atoms with E-state index in [1.54, 1.807) is 25.3 Å². The number of phenols is 2. The van der Waals surface area contributed by atoms with E-state index in [1.165, 1.54) is 24.3 Å². The van der Waals surface area contributed by atoms with Crippen LogP contribution in [0.4, 0.5) is 0 Å². The summed E-state index contributed by atoms with van der Waals surface area (Å²) in [4.78, 5) is 16.4. The molecule has 28 heavy (non-hydrogen) atoms. The summed E-state index contributed by atoms with van der Waals surface area (Å²) in [6, 6.07) is 12.7. The van der Waals surface area contributed by atoms with Gasteiger partial charge in [0.05, 0.1) is 29.4 Å². The molecule has 0 fully saturated rings. The molecule has 140 valence electrons. The molecule has 2 aromatic carbocycles. The van der Waals surface area contributed by atoms with Gasteiger partial charge in [-0.1, -0.05) is 12.1 Å². The number of carboxylic acid groups (broad SMARTS) is 1. The Morgan fingerprint density at radius 3 is 2.57 bits per heavy atom. The maximum atomic E-state index is 11.9. The van der Waals surface area contributed by atoms with Gasteiger partial charge in [-0.25, -0.2) is 9.78 Å². The maximum Gasteiger partial charge on any atom is 0.336 e. The molecule has 2 aromatic heterocycles. The first-order chi connectivity index (χ1) is 13.5. The highest BCUT2D eigenvalue weighted by molar-refractivity contribution is 6.08. The second-order valence-corrected chi connectivity index (χ2v) is 6.09. The smallest absolute Gasteiger partial charge is 0.336 e. The van der Waals surface area contributed by atoms with Gasteiger partial charge in [-0.15, -0.1) is 0 Å². The van der Waals surface area contributed by atoms with Crippen LogP contribution in [0.2, 0.25) is 0 Å². The summed E-state index contributed by atoms with van der Waals surface area (Å²) in [7, 11) is 1.55. The number of aromatic hydroxyl groups is 2. The predicted octanol–water partition coefficient (Wildman–Crippen LogP) is 3.41. The standard InChI is InChI=1S/C20H15N3O5/c1-28-12-4-2-3-11(7-12)18-17-13(20(26)27)9-14(21-19(17)23-22-18)10-5-6-15(24)16(25)8-10/h2-9,24-25H,1H3,(H,26,27)(H,21,22,23). The van der Waals surface area contributed by atoms with Crippen LogP contribution in [0.25, 0.3) is 33.5 Å². The Balaban J connectivity index is 1.94. The Morgan fingerprint density at radius 2 is 1.86 bits per heavy atom. The zero-order valence-corrected chi connectivity index (χ0v) is 14.7. The number of aromatic carboxylic acids is 1. The van der Waals surface area contributed by atoms with Gasteiger partial charge in [-0.05, 0) is 36.4 Å². The molecular formula is C20H15N3O5. The van der Waals surface area contributed by atoms with Crippen LogP contribution in [0.1, 0.15) is 10.4 Å². The molecule has 0 aliphatic rings. The van der Waals surface area contributed by atoms with E-state index >= 15 is 0 Å². The minimum atomic E-state index is -1.14. The molecule has 8 nitrogen and oxygen atoms in total. The molecule has 8 heteroatoms. The quantitative estimate of drug-likeness (QED) is 0.401. The Bertz CT molecular complexity index is 1220. The van der Waals surface area contributed by atoms with Crippen LogP contribution in [0.5, 0.6) is 17.2 Å². The lowest BCUT2D eigenvalue weighted by molar-refractivity contribution is 0.0699. The molecule has 4 rings (SSSR count). The van der Waals surface area contributed by atoms with Crippen LogP contribution in [0, 0.1) is 0 Å². The number of hydrogen-bond donors (Lipinski definition) is 4. The summed E-state index contributed by atoms with van der Waals surface area (Å²) in [6.45, 7) is 0. The van der Waals surface area contributed by atoms with Crippen molar-refractivity contribution in [2.24, 2.45) is 0 Å². The van der Waals surface area contributed by atoms with E-state index in [1.807, 2.05) is 6.07 Å². The number of hydrogen-bond acceptors (Lipinski definition) is 6. The summed E-state index contributed by atoms with van der Waals surface area (Å²) in [6.07, 6.45) is 0. The zero-order valence-electron chi connectivity index (χ0n) is 14.7. The van der Waals surface area contributed by atoms with Crippen molar-refractivity contribution in [3.05, 3.63) is 54.1 Å². The molecule has 0 radical (unpaired) electrons. The Morgan fingerprint density at radius 1 is 1.04 bits per heavy atom. The van der Waals surface area contributed by atoms with Crippen molar-refractivity contribution >= 4 is 17.0 Å². The number of nitrogens with one attached hydrogen (secondary N) is 1. The van der Waals surface area contributed by atoms with Gasteiger partial charge >= 0.3 is 5.97 Å². The monoisotopic (exact) mass is 377 g/mol. The summed E-state index contributed by atoms with van der Waals surface area (Å²) in [5.41, 5.74) is 2.22. The first-order valence-electron chi connectivity index (χ1n) is 8.27. The fourth-order valence-corrected chi connectivity index (χ4v) is 3.01. The number of ether oxygens (including phenoxy) is 1. The number of carboxylic acids is 1. The van der Waals surface area contributed by atoms with Crippen molar-refractivity contribution < 1.29 is 24.9 Å². The van der Waals surface area contributed by atoms with Gasteiger partial charge in [0.1, 0.15) is 5.75 Å². The van der Waals surface area contributed by atoms with Gasteiger partial charge in [0.25, 0.3) is 0 Å². The first-order valence-corrected chi connectivity index (χ1v) is 8.27. The van der Waals surface area contributed by atoms with Crippen LogP contribution in [-0.4, -0.2) is 43.6 Å². The van der Waals surface area contributed by atoms with Crippen molar-refractivity contribution in [3.8, 4) is 39.8 Å². The molecule has 0 saturated carbocycles. The Labute approximate surface area is 158 Å². The number of aromatic nitrogens is 3. The highest BCUT2D eigenvalue weighted by Gasteiger charge is 2.20. The van der Waals surface area contributed by atoms with Gasteiger partial charge in [-0.2, -0.15) is 5.10 Å². The molecule has 0 atom stereocenters. The molecule has 4 aromatic rings. The third-order valence-corrected chi connectivity index (χ3v) is 4.38. The Hall–Kier alpha value is -4.07. The molecule has 0 saturated heterocycles. The summed E-state index contributed by atoms with van der Waals surface area (Å²) < 4.78 is 5.23. The minimum absolute atomic E-state index is 0.0131. The van der Waals surface area contributed by atoms with Gasteiger partial charge in [0, 0.05) is 11.1 Å². The van der Waals surface area contributed by atoms with E-state index in [0.29, 0.717) is 33.7 Å². The van der Waals surface area contributed by atoms with Gasteiger partial charge in [0.15, 0.2) is 17.1 Å². The molecule has 4 N–H and O–H groups in total. The number of pyridine rings is 1. The van der Waals surface area contributed by atoms with E-state index in [2.05, 4.69) is 15.2 Å². The lowest BCUT2D eigenvalue weighted by Crippen LogP contribution is -2.00. The summed E-state index contributed by atoms with van der Waals surface area (Å²) in [5, 5.41) is 36.4. The average molecular weight is 377 g/mol. The van der Waals surface area contributed by atoms with Crippen molar-refractivity contribution in [1.82, 2.24) is 15.2 Å².